The Hall–Kier alpha value is -2.20. The average molecular weight is 324 g/mol. The highest BCUT2D eigenvalue weighted by molar-refractivity contribution is 7.84. The lowest BCUT2D eigenvalue weighted by Gasteiger charge is -2.14. The summed E-state index contributed by atoms with van der Waals surface area (Å²) in [6.07, 6.45) is 4.64. The first-order valence-electron chi connectivity index (χ1n) is 7.79. The van der Waals surface area contributed by atoms with Crippen molar-refractivity contribution in [3.63, 3.8) is 0 Å². The van der Waals surface area contributed by atoms with Gasteiger partial charge in [0.25, 0.3) is 0 Å². The van der Waals surface area contributed by atoms with Crippen molar-refractivity contribution < 1.29 is 4.21 Å². The monoisotopic (exact) mass is 324 g/mol. The minimum atomic E-state index is -0.956. The van der Waals surface area contributed by atoms with E-state index < -0.39 is 10.8 Å². The first kappa shape index (κ1) is 15.7. The van der Waals surface area contributed by atoms with Gasteiger partial charge in [-0.1, -0.05) is 55.5 Å². The maximum atomic E-state index is 12.8. The number of benzene rings is 2. The minimum Gasteiger partial charge on any atom is -0.259 e. The Morgan fingerprint density at radius 3 is 2.35 bits per heavy atom. The van der Waals surface area contributed by atoms with E-state index >= 15 is 0 Å². The fourth-order valence-corrected chi connectivity index (χ4v) is 4.17. The van der Waals surface area contributed by atoms with E-state index in [4.69, 9.17) is 0 Å². The normalized spacial score (nSPS) is 13.6. The van der Waals surface area contributed by atoms with E-state index in [1.165, 1.54) is 0 Å². The van der Waals surface area contributed by atoms with Gasteiger partial charge in [-0.3, -0.25) is 4.21 Å². The van der Waals surface area contributed by atoms with Crippen LogP contribution < -0.4 is 0 Å². The number of nitrogens with zero attached hydrogens (tertiary/aromatic N) is 2. The molecule has 0 aliphatic carbocycles. The third-order valence-electron chi connectivity index (χ3n) is 3.83. The molecule has 0 aliphatic rings. The highest BCUT2D eigenvalue weighted by Gasteiger charge is 2.17. The molecule has 0 unspecified atom stereocenters. The molecule has 0 N–H and O–H groups in total. The lowest BCUT2D eigenvalue weighted by molar-refractivity contribution is 0.668. The van der Waals surface area contributed by atoms with Crippen LogP contribution in [0.5, 0.6) is 0 Å². The number of rotatable bonds is 6. The topological polar surface area (TPSA) is 34.9 Å². The van der Waals surface area contributed by atoms with E-state index in [0.717, 1.165) is 23.2 Å². The third kappa shape index (κ3) is 3.77. The van der Waals surface area contributed by atoms with Gasteiger partial charge in [0.15, 0.2) is 0 Å². The molecule has 1 aromatic heterocycles. The molecule has 3 nitrogen and oxygen atoms in total. The highest BCUT2D eigenvalue weighted by Crippen LogP contribution is 2.25. The fourth-order valence-electron chi connectivity index (χ4n) is 2.66. The van der Waals surface area contributed by atoms with Crippen molar-refractivity contribution in [2.24, 2.45) is 0 Å². The second-order valence-electron chi connectivity index (χ2n) is 5.46. The van der Waals surface area contributed by atoms with Gasteiger partial charge < -0.3 is 0 Å². The number of hydrogen-bond donors (Lipinski definition) is 0. The Morgan fingerprint density at radius 1 is 1.04 bits per heavy atom. The summed E-state index contributed by atoms with van der Waals surface area (Å²) in [6, 6.07) is 20.1. The molecule has 2 atom stereocenters. The standard InChI is InChI=1S/C19H20N2OS/c1-2-19(17-9-5-3-6-10-17)23(22)15-16-13-20-21(14-16)18-11-7-4-8-12-18/h3-14,19H,2,15H2,1H3/t19-,23-/m1/s1. The molecule has 1 heterocycles. The summed E-state index contributed by atoms with van der Waals surface area (Å²) in [7, 11) is -0.956. The SMILES string of the molecule is CC[C@H](c1ccccc1)[S@](=O)Cc1cnn(-c2ccccc2)c1. The van der Waals surface area contributed by atoms with Gasteiger partial charge >= 0.3 is 0 Å². The molecule has 0 aliphatic heterocycles. The van der Waals surface area contributed by atoms with E-state index in [1.807, 2.05) is 65.6 Å². The van der Waals surface area contributed by atoms with E-state index in [2.05, 4.69) is 24.2 Å². The molecular formula is C19H20N2OS. The Bertz CT molecular complexity index is 768. The van der Waals surface area contributed by atoms with Crippen molar-refractivity contribution in [2.45, 2.75) is 24.3 Å². The second-order valence-corrected chi connectivity index (χ2v) is 7.08. The van der Waals surface area contributed by atoms with E-state index in [9.17, 15) is 4.21 Å². The van der Waals surface area contributed by atoms with Crippen LogP contribution in [0.15, 0.2) is 73.1 Å². The number of para-hydroxylation sites is 1. The van der Waals surface area contributed by atoms with Gasteiger partial charge in [0.2, 0.25) is 0 Å². The van der Waals surface area contributed by atoms with Crippen LogP contribution in [-0.4, -0.2) is 14.0 Å². The second kappa shape index (κ2) is 7.38. The van der Waals surface area contributed by atoms with Crippen molar-refractivity contribution in [2.75, 3.05) is 0 Å². The molecule has 23 heavy (non-hydrogen) atoms. The summed E-state index contributed by atoms with van der Waals surface area (Å²) >= 11 is 0. The first-order chi connectivity index (χ1) is 11.3. The zero-order chi connectivity index (χ0) is 16.1. The largest absolute Gasteiger partial charge is 0.259 e. The molecule has 0 saturated carbocycles. The van der Waals surface area contributed by atoms with Crippen molar-refractivity contribution in [1.82, 2.24) is 9.78 Å². The van der Waals surface area contributed by atoms with Crippen molar-refractivity contribution >= 4 is 10.8 Å². The zero-order valence-corrected chi connectivity index (χ0v) is 13.9. The summed E-state index contributed by atoms with van der Waals surface area (Å²) in [6.45, 7) is 2.09. The summed E-state index contributed by atoms with van der Waals surface area (Å²) in [5.74, 6) is 0.528. The molecule has 2 aromatic carbocycles. The molecule has 0 amide bonds. The van der Waals surface area contributed by atoms with Gasteiger partial charge in [-0.15, -0.1) is 0 Å². The van der Waals surface area contributed by atoms with Gasteiger partial charge in [0, 0.05) is 22.6 Å². The predicted molar refractivity (Wildman–Crippen MR) is 94.9 cm³/mol. The van der Waals surface area contributed by atoms with Gasteiger partial charge in [-0.2, -0.15) is 5.10 Å². The molecule has 4 heteroatoms. The van der Waals surface area contributed by atoms with Crippen LogP contribution in [0.3, 0.4) is 0 Å². The molecule has 3 rings (SSSR count). The lowest BCUT2D eigenvalue weighted by Crippen LogP contribution is -2.07. The fraction of sp³-hybridized carbons (Fsp3) is 0.211. The Balaban J connectivity index is 1.74. The van der Waals surface area contributed by atoms with Crippen LogP contribution >= 0.6 is 0 Å². The third-order valence-corrected chi connectivity index (χ3v) is 5.68. The van der Waals surface area contributed by atoms with Crippen LogP contribution in [0.4, 0.5) is 0 Å². The van der Waals surface area contributed by atoms with Crippen molar-refractivity contribution in [3.8, 4) is 5.69 Å². The Kier molecular flexibility index (Phi) is 5.03. The van der Waals surface area contributed by atoms with Gasteiger partial charge in [0.05, 0.1) is 22.9 Å². The molecule has 3 aromatic rings. The molecular weight excluding hydrogens is 304 g/mol. The lowest BCUT2D eigenvalue weighted by atomic mass is 10.1. The molecule has 118 valence electrons. The number of aromatic nitrogens is 2. The maximum Gasteiger partial charge on any atom is 0.0645 e. The molecule has 0 bridgehead atoms. The Morgan fingerprint density at radius 2 is 1.70 bits per heavy atom. The van der Waals surface area contributed by atoms with Gasteiger partial charge in [-0.25, -0.2) is 4.68 Å². The smallest absolute Gasteiger partial charge is 0.0645 e. The summed E-state index contributed by atoms with van der Waals surface area (Å²) < 4.78 is 14.6. The quantitative estimate of drug-likeness (QED) is 0.678. The predicted octanol–water partition coefficient (Wildman–Crippen LogP) is 4.27. The van der Waals surface area contributed by atoms with Crippen LogP contribution in [0.25, 0.3) is 5.69 Å². The van der Waals surface area contributed by atoms with Crippen LogP contribution in [-0.2, 0) is 16.6 Å². The van der Waals surface area contributed by atoms with Crippen LogP contribution in [0.1, 0.15) is 29.7 Å². The summed E-state index contributed by atoms with van der Waals surface area (Å²) in [4.78, 5) is 0. The van der Waals surface area contributed by atoms with E-state index in [1.54, 1.807) is 0 Å². The van der Waals surface area contributed by atoms with Gasteiger partial charge in [0.1, 0.15) is 0 Å². The van der Waals surface area contributed by atoms with Crippen molar-refractivity contribution in [3.05, 3.63) is 84.2 Å². The highest BCUT2D eigenvalue weighted by atomic mass is 32.2. The Labute approximate surface area is 139 Å². The first-order valence-corrected chi connectivity index (χ1v) is 9.17. The molecule has 0 saturated heterocycles. The maximum absolute atomic E-state index is 12.8. The van der Waals surface area contributed by atoms with Crippen LogP contribution in [0, 0.1) is 0 Å². The number of hydrogen-bond acceptors (Lipinski definition) is 2. The van der Waals surface area contributed by atoms with E-state index in [0.29, 0.717) is 5.75 Å². The summed E-state index contributed by atoms with van der Waals surface area (Å²) in [5, 5.41) is 4.45. The van der Waals surface area contributed by atoms with Crippen LogP contribution in [0.2, 0.25) is 0 Å². The summed E-state index contributed by atoms with van der Waals surface area (Å²) in [5.41, 5.74) is 3.16. The molecule has 0 fully saturated rings. The molecule has 0 spiro atoms. The average Bonchev–Trinajstić information content (AvgIpc) is 3.06. The zero-order valence-electron chi connectivity index (χ0n) is 13.1. The molecule has 0 radical (unpaired) electrons. The van der Waals surface area contributed by atoms with Gasteiger partial charge in [-0.05, 0) is 24.1 Å². The van der Waals surface area contributed by atoms with Crippen molar-refractivity contribution in [1.29, 1.82) is 0 Å². The van der Waals surface area contributed by atoms with E-state index in [-0.39, 0.29) is 5.25 Å². The minimum absolute atomic E-state index is 0.0660.